The maximum Gasteiger partial charge on any atom is 0.416 e. The van der Waals surface area contributed by atoms with Crippen LogP contribution in [0.1, 0.15) is 16.7 Å². The first-order valence-corrected chi connectivity index (χ1v) is 4.72. The molecule has 0 atom stereocenters. The summed E-state index contributed by atoms with van der Waals surface area (Å²) in [6, 6.07) is 1.52. The smallest absolute Gasteiger partial charge is 0.258 e. The first-order valence-electron chi connectivity index (χ1n) is 4.19. The summed E-state index contributed by atoms with van der Waals surface area (Å²) >= 11 is 5.43. The Labute approximate surface area is 94.0 Å². The molecular formula is C9H7ClF3NO2. The lowest BCUT2D eigenvalue weighted by atomic mass is 10.0. The largest absolute Gasteiger partial charge is 0.416 e. The number of nitrogens with zero attached hydrogens (tertiary/aromatic N) is 1. The monoisotopic (exact) mass is 253 g/mol. The molecule has 0 aromatic heterocycles. The van der Waals surface area contributed by atoms with Crippen LogP contribution in [-0.4, -0.2) is 4.92 Å². The lowest BCUT2D eigenvalue weighted by Gasteiger charge is -2.12. The molecule has 0 fully saturated rings. The molecule has 1 aromatic carbocycles. The van der Waals surface area contributed by atoms with Gasteiger partial charge in [0.1, 0.15) is 0 Å². The van der Waals surface area contributed by atoms with Gasteiger partial charge in [0.15, 0.2) is 0 Å². The maximum atomic E-state index is 12.5. The Morgan fingerprint density at radius 3 is 2.38 bits per heavy atom. The van der Waals surface area contributed by atoms with E-state index in [9.17, 15) is 23.3 Å². The number of rotatable bonds is 2. The van der Waals surface area contributed by atoms with Crippen LogP contribution >= 0.6 is 11.6 Å². The Kier molecular flexibility index (Phi) is 3.42. The summed E-state index contributed by atoms with van der Waals surface area (Å²) in [7, 11) is 0. The zero-order valence-electron chi connectivity index (χ0n) is 8.14. The van der Waals surface area contributed by atoms with E-state index in [2.05, 4.69) is 0 Å². The highest BCUT2D eigenvalue weighted by atomic mass is 35.5. The van der Waals surface area contributed by atoms with Gasteiger partial charge in [-0.3, -0.25) is 10.1 Å². The van der Waals surface area contributed by atoms with E-state index in [-0.39, 0.29) is 22.7 Å². The van der Waals surface area contributed by atoms with Crippen LogP contribution in [0.2, 0.25) is 0 Å². The molecule has 0 N–H and O–H groups in total. The molecule has 0 aliphatic heterocycles. The van der Waals surface area contributed by atoms with E-state index in [1.165, 1.54) is 6.92 Å². The van der Waals surface area contributed by atoms with Gasteiger partial charge in [-0.2, -0.15) is 13.2 Å². The van der Waals surface area contributed by atoms with Gasteiger partial charge in [-0.05, 0) is 18.6 Å². The van der Waals surface area contributed by atoms with Gasteiger partial charge in [-0.25, -0.2) is 0 Å². The van der Waals surface area contributed by atoms with Gasteiger partial charge >= 0.3 is 6.18 Å². The third kappa shape index (κ3) is 2.27. The third-order valence-corrected chi connectivity index (χ3v) is 2.48. The van der Waals surface area contributed by atoms with Crippen LogP contribution in [0.4, 0.5) is 18.9 Å². The minimum Gasteiger partial charge on any atom is -0.258 e. The van der Waals surface area contributed by atoms with Gasteiger partial charge in [-0.1, -0.05) is 0 Å². The minimum atomic E-state index is -4.53. The van der Waals surface area contributed by atoms with E-state index in [1.54, 1.807) is 0 Å². The quantitative estimate of drug-likeness (QED) is 0.459. The molecule has 0 aliphatic carbocycles. The fourth-order valence-corrected chi connectivity index (χ4v) is 1.73. The van der Waals surface area contributed by atoms with Crippen LogP contribution in [0.3, 0.4) is 0 Å². The second kappa shape index (κ2) is 4.29. The molecular weight excluding hydrogens is 247 g/mol. The Morgan fingerprint density at radius 2 is 2.00 bits per heavy atom. The van der Waals surface area contributed by atoms with Gasteiger partial charge in [-0.15, -0.1) is 11.6 Å². The molecule has 1 rings (SSSR count). The van der Waals surface area contributed by atoms with Crippen molar-refractivity contribution in [3.63, 3.8) is 0 Å². The van der Waals surface area contributed by atoms with Crippen molar-refractivity contribution in [3.8, 4) is 0 Å². The molecule has 0 unspecified atom stereocenters. The summed E-state index contributed by atoms with van der Waals surface area (Å²) in [5, 5.41) is 10.6. The number of benzene rings is 1. The van der Waals surface area contributed by atoms with E-state index in [1.807, 2.05) is 0 Å². The highest BCUT2D eigenvalue weighted by Gasteiger charge is 2.34. The Bertz CT molecular complexity index is 431. The standard InChI is InChI=1S/C9H7ClF3NO2/c1-5-6(4-10)8(14(15)16)3-2-7(5)9(11,12)13/h2-3H,4H2,1H3. The topological polar surface area (TPSA) is 43.1 Å². The average Bonchev–Trinajstić information content (AvgIpc) is 2.14. The molecule has 0 heterocycles. The fraction of sp³-hybridized carbons (Fsp3) is 0.333. The van der Waals surface area contributed by atoms with Crippen molar-refractivity contribution in [3.05, 3.63) is 38.9 Å². The Morgan fingerprint density at radius 1 is 1.44 bits per heavy atom. The summed E-state index contributed by atoms with van der Waals surface area (Å²) in [6.07, 6.45) is -4.53. The van der Waals surface area contributed by atoms with E-state index < -0.39 is 16.7 Å². The molecule has 0 saturated carbocycles. The van der Waals surface area contributed by atoms with Crippen molar-refractivity contribution in [1.82, 2.24) is 0 Å². The highest BCUT2D eigenvalue weighted by Crippen LogP contribution is 2.36. The number of hydrogen-bond acceptors (Lipinski definition) is 2. The van der Waals surface area contributed by atoms with Crippen molar-refractivity contribution in [2.24, 2.45) is 0 Å². The second-order valence-corrected chi connectivity index (χ2v) is 3.39. The molecule has 88 valence electrons. The lowest BCUT2D eigenvalue weighted by Crippen LogP contribution is -2.10. The molecule has 0 aliphatic rings. The maximum absolute atomic E-state index is 12.5. The average molecular weight is 254 g/mol. The molecule has 7 heteroatoms. The third-order valence-electron chi connectivity index (χ3n) is 2.21. The number of nitro benzene ring substituents is 1. The van der Waals surface area contributed by atoms with Crippen LogP contribution in [-0.2, 0) is 12.1 Å². The summed E-state index contributed by atoms with van der Waals surface area (Å²) in [5.74, 6) is -0.327. The summed E-state index contributed by atoms with van der Waals surface area (Å²) in [6.45, 7) is 1.17. The molecule has 0 amide bonds. The van der Waals surface area contributed by atoms with Gasteiger partial charge in [0.2, 0.25) is 0 Å². The first kappa shape index (κ1) is 12.8. The fourth-order valence-electron chi connectivity index (χ4n) is 1.39. The SMILES string of the molecule is Cc1c(C(F)(F)F)ccc([N+](=O)[O-])c1CCl. The van der Waals surface area contributed by atoms with Crippen molar-refractivity contribution in [2.45, 2.75) is 19.0 Å². The van der Waals surface area contributed by atoms with E-state index in [0.717, 1.165) is 6.07 Å². The Balaban J connectivity index is 3.46. The zero-order valence-corrected chi connectivity index (χ0v) is 8.89. The molecule has 0 spiro atoms. The molecule has 0 saturated heterocycles. The van der Waals surface area contributed by atoms with Crippen molar-refractivity contribution in [2.75, 3.05) is 0 Å². The molecule has 16 heavy (non-hydrogen) atoms. The van der Waals surface area contributed by atoms with Crippen LogP contribution in [0, 0.1) is 17.0 Å². The number of hydrogen-bond donors (Lipinski definition) is 0. The van der Waals surface area contributed by atoms with Crippen LogP contribution in [0.15, 0.2) is 12.1 Å². The number of halogens is 4. The van der Waals surface area contributed by atoms with E-state index in [0.29, 0.717) is 6.07 Å². The molecule has 0 radical (unpaired) electrons. The van der Waals surface area contributed by atoms with E-state index in [4.69, 9.17) is 11.6 Å². The van der Waals surface area contributed by atoms with Gasteiger partial charge < -0.3 is 0 Å². The second-order valence-electron chi connectivity index (χ2n) is 3.12. The van der Waals surface area contributed by atoms with Crippen molar-refractivity contribution in [1.29, 1.82) is 0 Å². The van der Waals surface area contributed by atoms with Gasteiger partial charge in [0.05, 0.1) is 16.4 Å². The normalized spacial score (nSPS) is 11.6. The van der Waals surface area contributed by atoms with Crippen LogP contribution < -0.4 is 0 Å². The van der Waals surface area contributed by atoms with Gasteiger partial charge in [0, 0.05) is 11.6 Å². The number of nitro groups is 1. The van der Waals surface area contributed by atoms with Crippen molar-refractivity contribution < 1.29 is 18.1 Å². The van der Waals surface area contributed by atoms with Crippen molar-refractivity contribution >= 4 is 17.3 Å². The highest BCUT2D eigenvalue weighted by molar-refractivity contribution is 6.17. The summed E-state index contributed by atoms with van der Waals surface area (Å²) in [5.41, 5.74) is -1.58. The predicted molar refractivity (Wildman–Crippen MR) is 52.4 cm³/mol. The zero-order chi connectivity index (χ0) is 12.5. The summed E-state index contributed by atoms with van der Waals surface area (Å²) in [4.78, 5) is 9.81. The van der Waals surface area contributed by atoms with E-state index >= 15 is 0 Å². The van der Waals surface area contributed by atoms with Crippen LogP contribution in [0.5, 0.6) is 0 Å². The molecule has 3 nitrogen and oxygen atoms in total. The van der Waals surface area contributed by atoms with Gasteiger partial charge in [0.25, 0.3) is 5.69 Å². The molecule has 1 aromatic rings. The van der Waals surface area contributed by atoms with Crippen LogP contribution in [0.25, 0.3) is 0 Å². The number of alkyl halides is 4. The first-order chi connectivity index (χ1) is 7.29. The summed E-state index contributed by atoms with van der Waals surface area (Å²) < 4.78 is 37.5. The Hall–Kier alpha value is -1.30. The predicted octanol–water partition coefficient (Wildman–Crippen LogP) is 3.66. The molecule has 0 bridgehead atoms. The minimum absolute atomic E-state index is 0.0958. The lowest BCUT2D eigenvalue weighted by molar-refractivity contribution is -0.385.